The highest BCUT2D eigenvalue weighted by molar-refractivity contribution is 5.96. The zero-order valence-corrected chi connectivity index (χ0v) is 13.3. The molecule has 0 radical (unpaired) electrons. The summed E-state index contributed by atoms with van der Waals surface area (Å²) in [7, 11) is 2.00. The second kappa shape index (κ2) is 5.72. The van der Waals surface area contributed by atoms with Crippen LogP contribution in [0.4, 0.5) is 5.69 Å². The average molecular weight is 301 g/mol. The van der Waals surface area contributed by atoms with Crippen molar-refractivity contribution in [2.45, 2.75) is 25.3 Å². The van der Waals surface area contributed by atoms with Crippen LogP contribution < -0.4 is 4.90 Å². The van der Waals surface area contributed by atoms with Gasteiger partial charge in [0.25, 0.3) is 0 Å². The molecule has 0 saturated carbocycles. The standard InChI is InChI=1S/C17H23N3O2/c1-3-15(21)19-10-9-17(12-19)13-20(16(22)11-18(17)2)14-7-5-4-6-8-14/h4-8H,3,9-13H2,1-2H3/t17-/m0/s1. The Hall–Kier alpha value is -1.88. The zero-order chi connectivity index (χ0) is 15.7. The number of benzene rings is 1. The minimum Gasteiger partial charge on any atom is -0.341 e. The summed E-state index contributed by atoms with van der Waals surface area (Å²) in [4.78, 5) is 30.4. The van der Waals surface area contributed by atoms with E-state index in [-0.39, 0.29) is 17.4 Å². The van der Waals surface area contributed by atoms with E-state index in [4.69, 9.17) is 0 Å². The third-order valence-corrected chi connectivity index (χ3v) is 4.99. The maximum Gasteiger partial charge on any atom is 0.241 e. The van der Waals surface area contributed by atoms with Gasteiger partial charge in [0.05, 0.1) is 12.1 Å². The van der Waals surface area contributed by atoms with Crippen LogP contribution in [-0.4, -0.2) is 60.4 Å². The van der Waals surface area contributed by atoms with Gasteiger partial charge in [0.2, 0.25) is 11.8 Å². The molecule has 5 heteroatoms. The molecule has 0 unspecified atom stereocenters. The summed E-state index contributed by atoms with van der Waals surface area (Å²) >= 11 is 0. The Balaban J connectivity index is 1.83. The lowest BCUT2D eigenvalue weighted by molar-refractivity contribution is -0.130. The molecule has 0 bridgehead atoms. The number of piperazine rings is 1. The van der Waals surface area contributed by atoms with Gasteiger partial charge in [-0.25, -0.2) is 0 Å². The highest BCUT2D eigenvalue weighted by atomic mass is 16.2. The second-order valence-electron chi connectivity index (χ2n) is 6.31. The molecule has 0 aromatic heterocycles. The van der Waals surface area contributed by atoms with Crippen LogP contribution in [0.25, 0.3) is 0 Å². The summed E-state index contributed by atoms with van der Waals surface area (Å²) < 4.78 is 0. The molecule has 22 heavy (non-hydrogen) atoms. The van der Waals surface area contributed by atoms with E-state index in [9.17, 15) is 9.59 Å². The fourth-order valence-corrected chi connectivity index (χ4v) is 3.54. The number of carbonyl (C=O) groups excluding carboxylic acids is 2. The smallest absolute Gasteiger partial charge is 0.241 e. The maximum atomic E-state index is 12.4. The number of likely N-dealkylation sites (tertiary alicyclic amines) is 1. The van der Waals surface area contributed by atoms with E-state index < -0.39 is 0 Å². The number of nitrogens with zero attached hydrogens (tertiary/aromatic N) is 3. The molecule has 118 valence electrons. The molecule has 0 aliphatic carbocycles. The van der Waals surface area contributed by atoms with Gasteiger partial charge in [-0.1, -0.05) is 25.1 Å². The lowest BCUT2D eigenvalue weighted by Crippen LogP contribution is -2.64. The normalized spacial score (nSPS) is 26.0. The molecule has 2 aliphatic heterocycles. The molecule has 1 atom stereocenters. The van der Waals surface area contributed by atoms with Crippen molar-refractivity contribution in [3.05, 3.63) is 30.3 Å². The van der Waals surface area contributed by atoms with Crippen LogP contribution >= 0.6 is 0 Å². The van der Waals surface area contributed by atoms with Gasteiger partial charge in [-0.2, -0.15) is 0 Å². The fraction of sp³-hybridized carbons (Fsp3) is 0.529. The number of hydrogen-bond donors (Lipinski definition) is 0. The fourth-order valence-electron chi connectivity index (χ4n) is 3.54. The SMILES string of the molecule is CCC(=O)N1CC[C@]2(C1)CN(c1ccccc1)C(=O)CN2C. The molecule has 2 saturated heterocycles. The van der Waals surface area contributed by atoms with Gasteiger partial charge in [-0.15, -0.1) is 0 Å². The predicted octanol–water partition coefficient (Wildman–Crippen LogP) is 1.35. The van der Waals surface area contributed by atoms with E-state index >= 15 is 0 Å². The summed E-state index contributed by atoms with van der Waals surface area (Å²) in [6, 6.07) is 9.81. The molecule has 1 spiro atoms. The number of hydrogen-bond acceptors (Lipinski definition) is 3. The van der Waals surface area contributed by atoms with Crippen molar-refractivity contribution in [3.8, 4) is 0 Å². The number of likely N-dealkylation sites (N-methyl/N-ethyl adjacent to an activating group) is 1. The van der Waals surface area contributed by atoms with Crippen molar-refractivity contribution in [2.24, 2.45) is 0 Å². The monoisotopic (exact) mass is 301 g/mol. The van der Waals surface area contributed by atoms with Gasteiger partial charge < -0.3 is 9.80 Å². The molecule has 2 aliphatic rings. The minimum absolute atomic E-state index is 0.116. The average Bonchev–Trinajstić information content (AvgIpc) is 2.97. The van der Waals surface area contributed by atoms with Gasteiger partial charge in [0, 0.05) is 31.7 Å². The number of rotatable bonds is 2. The second-order valence-corrected chi connectivity index (χ2v) is 6.31. The van der Waals surface area contributed by atoms with Gasteiger partial charge in [-0.3, -0.25) is 14.5 Å². The van der Waals surface area contributed by atoms with Crippen molar-refractivity contribution in [1.82, 2.24) is 9.80 Å². The van der Waals surface area contributed by atoms with Gasteiger partial charge in [0.15, 0.2) is 0 Å². The Bertz CT molecular complexity index is 575. The van der Waals surface area contributed by atoms with Crippen LogP contribution in [0.5, 0.6) is 0 Å². The molecule has 5 nitrogen and oxygen atoms in total. The molecular formula is C17H23N3O2. The van der Waals surface area contributed by atoms with Gasteiger partial charge in [0.1, 0.15) is 0 Å². The largest absolute Gasteiger partial charge is 0.341 e. The molecule has 1 aromatic rings. The number of carbonyl (C=O) groups is 2. The van der Waals surface area contributed by atoms with Crippen LogP contribution in [-0.2, 0) is 9.59 Å². The third kappa shape index (κ3) is 2.50. The van der Waals surface area contributed by atoms with E-state index in [0.29, 0.717) is 26.1 Å². The predicted molar refractivity (Wildman–Crippen MR) is 85.6 cm³/mol. The van der Waals surface area contributed by atoms with E-state index in [0.717, 1.165) is 18.7 Å². The van der Waals surface area contributed by atoms with Crippen LogP contribution in [0.1, 0.15) is 19.8 Å². The third-order valence-electron chi connectivity index (χ3n) is 4.99. The highest BCUT2D eigenvalue weighted by Gasteiger charge is 2.48. The summed E-state index contributed by atoms with van der Waals surface area (Å²) in [6.45, 7) is 4.46. The molecule has 1 aromatic carbocycles. The summed E-state index contributed by atoms with van der Waals surface area (Å²) in [5.74, 6) is 0.327. The van der Waals surface area contributed by atoms with Crippen LogP contribution in [0.2, 0.25) is 0 Å². The number of para-hydroxylation sites is 1. The Kier molecular flexibility index (Phi) is 3.91. The molecular weight excluding hydrogens is 278 g/mol. The summed E-state index contributed by atoms with van der Waals surface area (Å²) in [5, 5.41) is 0. The van der Waals surface area contributed by atoms with Crippen LogP contribution in [0.15, 0.2) is 30.3 Å². The quantitative estimate of drug-likeness (QED) is 0.828. The minimum atomic E-state index is -0.116. The van der Waals surface area contributed by atoms with Crippen LogP contribution in [0, 0.1) is 0 Å². The Morgan fingerprint density at radius 1 is 1.23 bits per heavy atom. The number of anilines is 1. The molecule has 0 N–H and O–H groups in total. The topological polar surface area (TPSA) is 43.9 Å². The Morgan fingerprint density at radius 2 is 1.95 bits per heavy atom. The van der Waals surface area contributed by atoms with Crippen molar-refractivity contribution in [1.29, 1.82) is 0 Å². The molecule has 2 fully saturated rings. The van der Waals surface area contributed by atoms with Gasteiger partial charge >= 0.3 is 0 Å². The van der Waals surface area contributed by atoms with E-state index in [2.05, 4.69) is 4.90 Å². The maximum absolute atomic E-state index is 12.4. The summed E-state index contributed by atoms with van der Waals surface area (Å²) in [6.07, 6.45) is 1.47. The number of amides is 2. The summed E-state index contributed by atoms with van der Waals surface area (Å²) in [5.41, 5.74) is 0.828. The van der Waals surface area contributed by atoms with Crippen molar-refractivity contribution >= 4 is 17.5 Å². The lowest BCUT2D eigenvalue weighted by Gasteiger charge is -2.46. The first kappa shape index (κ1) is 15.0. The zero-order valence-electron chi connectivity index (χ0n) is 13.3. The van der Waals surface area contributed by atoms with E-state index in [1.807, 2.05) is 54.1 Å². The van der Waals surface area contributed by atoms with Gasteiger partial charge in [-0.05, 0) is 25.6 Å². The van der Waals surface area contributed by atoms with E-state index in [1.165, 1.54) is 0 Å². The molecule has 2 heterocycles. The molecule has 3 rings (SSSR count). The first-order chi connectivity index (χ1) is 10.6. The lowest BCUT2D eigenvalue weighted by atomic mass is 9.92. The van der Waals surface area contributed by atoms with E-state index in [1.54, 1.807) is 0 Å². The highest BCUT2D eigenvalue weighted by Crippen LogP contribution is 2.33. The molecule has 2 amide bonds. The Morgan fingerprint density at radius 3 is 2.64 bits per heavy atom. The first-order valence-electron chi connectivity index (χ1n) is 7.90. The Labute approximate surface area is 131 Å². The van der Waals surface area contributed by atoms with Crippen molar-refractivity contribution in [2.75, 3.05) is 38.1 Å². The first-order valence-corrected chi connectivity index (χ1v) is 7.90. The van der Waals surface area contributed by atoms with Crippen LogP contribution in [0.3, 0.4) is 0 Å². The van der Waals surface area contributed by atoms with Crippen molar-refractivity contribution < 1.29 is 9.59 Å². The van der Waals surface area contributed by atoms with Crippen molar-refractivity contribution in [3.63, 3.8) is 0 Å².